The molecule has 0 bridgehead atoms. The van der Waals surface area contributed by atoms with Gasteiger partial charge in [-0.05, 0) is 24.3 Å². The Morgan fingerprint density at radius 3 is 2.55 bits per heavy atom. The summed E-state index contributed by atoms with van der Waals surface area (Å²) in [5.74, 6) is -0.256. The van der Waals surface area contributed by atoms with E-state index in [9.17, 15) is 10.1 Å². The van der Waals surface area contributed by atoms with Crippen LogP contribution in [-0.2, 0) is 0 Å². The molecule has 0 fully saturated rings. The number of halogens is 2. The van der Waals surface area contributed by atoms with E-state index in [4.69, 9.17) is 28.9 Å². The fourth-order valence-corrected chi connectivity index (χ4v) is 2.65. The first-order chi connectivity index (χ1) is 10.5. The summed E-state index contributed by atoms with van der Waals surface area (Å²) in [6.07, 6.45) is 0. The SMILES string of the molecule is N#Cc1c(N)n(C(=O)c2ccc(Cl)c(Cl)c2)c2ccccc12. The lowest BCUT2D eigenvalue weighted by Crippen LogP contribution is -2.14. The van der Waals surface area contributed by atoms with E-state index in [1.807, 2.05) is 6.07 Å². The van der Waals surface area contributed by atoms with Crippen molar-refractivity contribution in [2.24, 2.45) is 0 Å². The Kier molecular flexibility index (Phi) is 3.53. The second-order valence-electron chi connectivity index (χ2n) is 4.66. The van der Waals surface area contributed by atoms with Crippen LogP contribution in [0.4, 0.5) is 5.82 Å². The number of benzene rings is 2. The van der Waals surface area contributed by atoms with E-state index in [0.29, 0.717) is 21.5 Å². The summed E-state index contributed by atoms with van der Waals surface area (Å²) in [7, 11) is 0. The number of fused-ring (bicyclic) bond motifs is 1. The Bertz CT molecular complexity index is 954. The third kappa shape index (κ3) is 2.12. The predicted molar refractivity (Wildman–Crippen MR) is 87.3 cm³/mol. The summed E-state index contributed by atoms with van der Waals surface area (Å²) >= 11 is 11.8. The van der Waals surface area contributed by atoms with Crippen molar-refractivity contribution < 1.29 is 4.79 Å². The van der Waals surface area contributed by atoms with Crippen molar-refractivity contribution in [2.75, 3.05) is 5.73 Å². The van der Waals surface area contributed by atoms with Crippen LogP contribution in [0, 0.1) is 11.3 Å². The van der Waals surface area contributed by atoms with Gasteiger partial charge in [0.15, 0.2) is 0 Å². The molecule has 22 heavy (non-hydrogen) atoms. The van der Waals surface area contributed by atoms with Crippen LogP contribution in [0.5, 0.6) is 0 Å². The van der Waals surface area contributed by atoms with Gasteiger partial charge in [-0.1, -0.05) is 41.4 Å². The molecule has 0 radical (unpaired) electrons. The quantitative estimate of drug-likeness (QED) is 0.730. The summed E-state index contributed by atoms with van der Waals surface area (Å²) in [5.41, 5.74) is 7.19. The number of rotatable bonds is 1. The van der Waals surface area contributed by atoms with Crippen LogP contribution >= 0.6 is 23.2 Å². The van der Waals surface area contributed by atoms with Gasteiger partial charge >= 0.3 is 0 Å². The van der Waals surface area contributed by atoms with Crippen molar-refractivity contribution in [3.63, 3.8) is 0 Å². The van der Waals surface area contributed by atoms with Crippen LogP contribution < -0.4 is 5.73 Å². The zero-order chi connectivity index (χ0) is 15.9. The third-order valence-electron chi connectivity index (χ3n) is 3.39. The Balaban J connectivity index is 2.26. The molecule has 0 saturated carbocycles. The molecule has 0 amide bonds. The standard InChI is InChI=1S/C16H9Cl2N3O/c17-12-6-5-9(7-13(12)18)16(22)21-14-4-2-1-3-10(14)11(8-19)15(21)20/h1-7H,20H2. The molecule has 0 aliphatic rings. The number of hydrogen-bond acceptors (Lipinski definition) is 3. The van der Waals surface area contributed by atoms with Crippen LogP contribution in [0.2, 0.25) is 10.0 Å². The molecule has 1 aromatic heterocycles. The highest BCUT2D eigenvalue weighted by Crippen LogP contribution is 2.29. The van der Waals surface area contributed by atoms with Crippen molar-refractivity contribution in [1.29, 1.82) is 5.26 Å². The van der Waals surface area contributed by atoms with Gasteiger partial charge < -0.3 is 5.73 Å². The van der Waals surface area contributed by atoms with Crippen LogP contribution in [0.1, 0.15) is 15.9 Å². The van der Waals surface area contributed by atoms with Crippen molar-refractivity contribution in [1.82, 2.24) is 4.57 Å². The average molecular weight is 330 g/mol. The van der Waals surface area contributed by atoms with Crippen LogP contribution in [0.3, 0.4) is 0 Å². The van der Waals surface area contributed by atoms with E-state index in [2.05, 4.69) is 0 Å². The first kappa shape index (κ1) is 14.5. The van der Waals surface area contributed by atoms with E-state index in [0.717, 1.165) is 0 Å². The molecule has 4 nitrogen and oxygen atoms in total. The fourth-order valence-electron chi connectivity index (χ4n) is 2.35. The average Bonchev–Trinajstić information content (AvgIpc) is 2.80. The van der Waals surface area contributed by atoms with Gasteiger partial charge in [-0.3, -0.25) is 9.36 Å². The molecule has 3 rings (SSSR count). The molecule has 0 unspecified atom stereocenters. The number of para-hydroxylation sites is 1. The first-order valence-electron chi connectivity index (χ1n) is 6.33. The summed E-state index contributed by atoms with van der Waals surface area (Å²) in [4.78, 5) is 12.7. The van der Waals surface area contributed by atoms with Crippen LogP contribution in [0.25, 0.3) is 10.9 Å². The number of carbonyl (C=O) groups is 1. The molecule has 6 heteroatoms. The molecular weight excluding hydrogens is 321 g/mol. The molecule has 0 spiro atoms. The van der Waals surface area contributed by atoms with Crippen molar-refractivity contribution in [3.05, 3.63) is 63.6 Å². The van der Waals surface area contributed by atoms with Gasteiger partial charge in [0.2, 0.25) is 0 Å². The third-order valence-corrected chi connectivity index (χ3v) is 4.13. The number of aromatic nitrogens is 1. The normalized spacial score (nSPS) is 10.6. The number of nitriles is 1. The topological polar surface area (TPSA) is 71.8 Å². The van der Waals surface area contributed by atoms with Gasteiger partial charge in [0.05, 0.1) is 15.6 Å². The lowest BCUT2D eigenvalue weighted by Gasteiger charge is -2.07. The summed E-state index contributed by atoms with van der Waals surface area (Å²) in [6, 6.07) is 13.7. The molecule has 3 aromatic rings. The minimum Gasteiger partial charge on any atom is -0.384 e. The predicted octanol–water partition coefficient (Wildman–Crippen LogP) is 4.09. The van der Waals surface area contributed by atoms with Crippen molar-refractivity contribution >= 4 is 45.8 Å². The monoisotopic (exact) mass is 329 g/mol. The van der Waals surface area contributed by atoms with E-state index in [1.165, 1.54) is 10.6 Å². The van der Waals surface area contributed by atoms with E-state index in [1.54, 1.807) is 36.4 Å². The van der Waals surface area contributed by atoms with Gasteiger partial charge in [-0.15, -0.1) is 0 Å². The molecule has 2 N–H and O–H groups in total. The largest absolute Gasteiger partial charge is 0.384 e. The van der Waals surface area contributed by atoms with E-state index >= 15 is 0 Å². The second-order valence-corrected chi connectivity index (χ2v) is 5.47. The van der Waals surface area contributed by atoms with E-state index in [-0.39, 0.29) is 22.3 Å². The highest BCUT2D eigenvalue weighted by atomic mass is 35.5. The number of nitrogens with zero attached hydrogens (tertiary/aromatic N) is 2. The lowest BCUT2D eigenvalue weighted by molar-refractivity contribution is 0.0967. The second kappa shape index (κ2) is 5.38. The molecule has 0 saturated heterocycles. The molecule has 0 aliphatic carbocycles. The zero-order valence-electron chi connectivity index (χ0n) is 11.2. The minimum absolute atomic E-state index is 0.111. The summed E-state index contributed by atoms with van der Waals surface area (Å²) in [5, 5.41) is 10.5. The Hall–Kier alpha value is -2.48. The number of carbonyl (C=O) groups excluding carboxylic acids is 1. The Morgan fingerprint density at radius 1 is 1.14 bits per heavy atom. The number of nitrogens with two attached hydrogens (primary N) is 1. The molecule has 1 heterocycles. The molecule has 0 atom stereocenters. The van der Waals surface area contributed by atoms with Crippen molar-refractivity contribution in [3.8, 4) is 6.07 Å². The maximum atomic E-state index is 12.7. The maximum Gasteiger partial charge on any atom is 0.264 e. The highest BCUT2D eigenvalue weighted by molar-refractivity contribution is 6.42. The first-order valence-corrected chi connectivity index (χ1v) is 7.09. The Labute approximate surface area is 136 Å². The summed E-state index contributed by atoms with van der Waals surface area (Å²) < 4.78 is 1.31. The van der Waals surface area contributed by atoms with Gasteiger partial charge in [-0.2, -0.15) is 5.26 Å². The number of anilines is 1. The van der Waals surface area contributed by atoms with Gasteiger partial charge in [0, 0.05) is 10.9 Å². The zero-order valence-corrected chi connectivity index (χ0v) is 12.7. The van der Waals surface area contributed by atoms with Gasteiger partial charge in [0.25, 0.3) is 5.91 Å². The van der Waals surface area contributed by atoms with Crippen LogP contribution in [0.15, 0.2) is 42.5 Å². The summed E-state index contributed by atoms with van der Waals surface area (Å²) in [6.45, 7) is 0. The van der Waals surface area contributed by atoms with Crippen molar-refractivity contribution in [2.45, 2.75) is 0 Å². The number of hydrogen-bond donors (Lipinski definition) is 1. The van der Waals surface area contributed by atoms with Crippen LogP contribution in [-0.4, -0.2) is 10.5 Å². The fraction of sp³-hybridized carbons (Fsp3) is 0. The lowest BCUT2D eigenvalue weighted by atomic mass is 10.2. The smallest absolute Gasteiger partial charge is 0.264 e. The molecule has 2 aromatic carbocycles. The van der Waals surface area contributed by atoms with Gasteiger partial charge in [-0.25, -0.2) is 0 Å². The van der Waals surface area contributed by atoms with Gasteiger partial charge in [0.1, 0.15) is 17.5 Å². The molecular formula is C16H9Cl2N3O. The number of nitrogen functional groups attached to an aromatic ring is 1. The molecule has 0 aliphatic heterocycles. The maximum absolute atomic E-state index is 12.7. The Morgan fingerprint density at radius 2 is 1.86 bits per heavy atom. The highest BCUT2D eigenvalue weighted by Gasteiger charge is 2.20. The van der Waals surface area contributed by atoms with E-state index < -0.39 is 0 Å². The molecule has 108 valence electrons. The minimum atomic E-state index is -0.367.